The minimum Gasteiger partial charge on any atom is -0.494 e. The number of hydrogen-bond donors (Lipinski definition) is 0. The van der Waals surface area contributed by atoms with E-state index in [1.165, 1.54) is 6.07 Å². The lowest BCUT2D eigenvalue weighted by Crippen LogP contribution is -1.98. The summed E-state index contributed by atoms with van der Waals surface area (Å²) in [7, 11) is 0. The minimum absolute atomic E-state index is 0.296. The predicted octanol–water partition coefficient (Wildman–Crippen LogP) is 4.89. The molecule has 2 aromatic carbocycles. The molecule has 1 unspecified atom stereocenters. The van der Waals surface area contributed by atoms with Crippen molar-refractivity contribution in [3.05, 3.63) is 65.2 Å². The van der Waals surface area contributed by atoms with E-state index in [1.807, 2.05) is 31.2 Å². The van der Waals surface area contributed by atoms with Gasteiger partial charge < -0.3 is 4.74 Å². The van der Waals surface area contributed by atoms with Gasteiger partial charge in [-0.05, 0) is 48.7 Å². The fourth-order valence-electron chi connectivity index (χ4n) is 1.93. The predicted molar refractivity (Wildman–Crippen MR) is 76.3 cm³/mol. The van der Waals surface area contributed by atoms with Crippen molar-refractivity contribution in [2.45, 2.75) is 18.7 Å². The molecule has 0 aliphatic heterocycles. The smallest absolute Gasteiger partial charge is 0.159 e. The summed E-state index contributed by atoms with van der Waals surface area (Å²) in [6.45, 7) is 2.53. The van der Waals surface area contributed by atoms with Gasteiger partial charge in [0.05, 0.1) is 12.0 Å². The van der Waals surface area contributed by atoms with Crippen LogP contribution < -0.4 is 4.74 Å². The molecular formula is C16H15ClF2O. The molecule has 0 bridgehead atoms. The van der Waals surface area contributed by atoms with Crippen LogP contribution in [0.4, 0.5) is 8.78 Å². The SMILES string of the molecule is CCOc1ccc(C(Cl)Cc2ccc(F)c(F)c2)cc1. The summed E-state index contributed by atoms with van der Waals surface area (Å²) in [4.78, 5) is 0. The summed E-state index contributed by atoms with van der Waals surface area (Å²) in [5, 5.41) is -0.296. The Labute approximate surface area is 122 Å². The molecule has 0 heterocycles. The van der Waals surface area contributed by atoms with Crippen molar-refractivity contribution in [3.63, 3.8) is 0 Å². The second kappa shape index (κ2) is 6.71. The molecule has 0 aliphatic carbocycles. The Balaban J connectivity index is 2.06. The number of alkyl halides is 1. The monoisotopic (exact) mass is 296 g/mol. The zero-order valence-electron chi connectivity index (χ0n) is 11.1. The third kappa shape index (κ3) is 3.70. The Morgan fingerprint density at radius 1 is 1.05 bits per heavy atom. The Bertz CT molecular complexity index is 569. The fraction of sp³-hybridized carbons (Fsp3) is 0.250. The fourth-order valence-corrected chi connectivity index (χ4v) is 2.25. The molecular weight excluding hydrogens is 282 g/mol. The van der Waals surface area contributed by atoms with Crippen LogP contribution >= 0.6 is 11.6 Å². The van der Waals surface area contributed by atoms with Crippen LogP contribution in [0.5, 0.6) is 5.75 Å². The average molecular weight is 297 g/mol. The molecule has 0 spiro atoms. The Hall–Kier alpha value is -1.61. The molecule has 106 valence electrons. The molecule has 0 N–H and O–H groups in total. The highest BCUT2D eigenvalue weighted by molar-refractivity contribution is 6.20. The average Bonchev–Trinajstić information content (AvgIpc) is 2.44. The maximum absolute atomic E-state index is 13.1. The second-order valence-corrected chi connectivity index (χ2v) is 4.95. The van der Waals surface area contributed by atoms with E-state index in [0.717, 1.165) is 17.4 Å². The van der Waals surface area contributed by atoms with Gasteiger partial charge in [0.15, 0.2) is 11.6 Å². The zero-order chi connectivity index (χ0) is 14.5. The van der Waals surface area contributed by atoms with Crippen molar-refractivity contribution in [1.82, 2.24) is 0 Å². The van der Waals surface area contributed by atoms with E-state index < -0.39 is 11.6 Å². The molecule has 4 heteroatoms. The van der Waals surface area contributed by atoms with Gasteiger partial charge >= 0.3 is 0 Å². The van der Waals surface area contributed by atoms with E-state index in [1.54, 1.807) is 6.07 Å². The van der Waals surface area contributed by atoms with Crippen molar-refractivity contribution in [3.8, 4) is 5.75 Å². The summed E-state index contributed by atoms with van der Waals surface area (Å²) in [5.74, 6) is -0.910. The topological polar surface area (TPSA) is 9.23 Å². The van der Waals surface area contributed by atoms with E-state index >= 15 is 0 Å². The number of benzene rings is 2. The van der Waals surface area contributed by atoms with Gasteiger partial charge in [-0.2, -0.15) is 0 Å². The van der Waals surface area contributed by atoms with E-state index in [4.69, 9.17) is 16.3 Å². The maximum Gasteiger partial charge on any atom is 0.159 e. The molecule has 0 fully saturated rings. The van der Waals surface area contributed by atoms with Gasteiger partial charge in [0.2, 0.25) is 0 Å². The molecule has 2 aromatic rings. The highest BCUT2D eigenvalue weighted by atomic mass is 35.5. The Kier molecular flexibility index (Phi) is 4.96. The van der Waals surface area contributed by atoms with E-state index in [2.05, 4.69) is 0 Å². The van der Waals surface area contributed by atoms with Crippen molar-refractivity contribution >= 4 is 11.6 Å². The lowest BCUT2D eigenvalue weighted by Gasteiger charge is -2.11. The molecule has 1 nitrogen and oxygen atoms in total. The molecule has 2 rings (SSSR count). The normalized spacial score (nSPS) is 12.2. The van der Waals surface area contributed by atoms with Crippen LogP contribution in [0.25, 0.3) is 0 Å². The summed E-state index contributed by atoms with van der Waals surface area (Å²) >= 11 is 6.31. The van der Waals surface area contributed by atoms with Crippen LogP contribution in [0.1, 0.15) is 23.4 Å². The van der Waals surface area contributed by atoms with Crippen LogP contribution in [0, 0.1) is 11.6 Å². The van der Waals surface area contributed by atoms with Crippen molar-refractivity contribution in [2.24, 2.45) is 0 Å². The van der Waals surface area contributed by atoms with Crippen molar-refractivity contribution in [1.29, 1.82) is 0 Å². The summed E-state index contributed by atoms with van der Waals surface area (Å²) in [6.07, 6.45) is 0.437. The molecule has 1 atom stereocenters. The van der Waals surface area contributed by atoms with Gasteiger partial charge in [0.25, 0.3) is 0 Å². The largest absolute Gasteiger partial charge is 0.494 e. The van der Waals surface area contributed by atoms with Gasteiger partial charge in [-0.25, -0.2) is 8.78 Å². The van der Waals surface area contributed by atoms with Gasteiger partial charge in [-0.1, -0.05) is 18.2 Å². The summed E-state index contributed by atoms with van der Waals surface area (Å²) in [6, 6.07) is 11.3. The van der Waals surface area contributed by atoms with Gasteiger partial charge in [-0.15, -0.1) is 11.6 Å². The van der Waals surface area contributed by atoms with Crippen LogP contribution in [0.3, 0.4) is 0 Å². The molecule has 0 amide bonds. The summed E-state index contributed by atoms with van der Waals surface area (Å²) < 4.78 is 31.3. The molecule has 0 saturated heterocycles. The molecule has 20 heavy (non-hydrogen) atoms. The van der Waals surface area contributed by atoms with Gasteiger partial charge in [0, 0.05) is 0 Å². The third-order valence-corrected chi connectivity index (χ3v) is 3.36. The Morgan fingerprint density at radius 3 is 2.35 bits per heavy atom. The number of rotatable bonds is 5. The highest BCUT2D eigenvalue weighted by Crippen LogP contribution is 2.27. The van der Waals surface area contributed by atoms with Crippen molar-refractivity contribution < 1.29 is 13.5 Å². The van der Waals surface area contributed by atoms with Crippen molar-refractivity contribution in [2.75, 3.05) is 6.61 Å². The standard InChI is InChI=1S/C16H15ClF2O/c1-2-20-13-6-4-12(5-7-13)14(17)9-11-3-8-15(18)16(19)10-11/h3-8,10,14H,2,9H2,1H3. The second-order valence-electron chi connectivity index (χ2n) is 4.42. The first-order valence-corrected chi connectivity index (χ1v) is 6.84. The van der Waals surface area contributed by atoms with Crippen LogP contribution in [-0.2, 0) is 6.42 Å². The zero-order valence-corrected chi connectivity index (χ0v) is 11.8. The van der Waals surface area contributed by atoms with E-state index in [0.29, 0.717) is 18.6 Å². The van der Waals surface area contributed by atoms with Gasteiger partial charge in [-0.3, -0.25) is 0 Å². The minimum atomic E-state index is -0.849. The highest BCUT2D eigenvalue weighted by Gasteiger charge is 2.11. The lowest BCUT2D eigenvalue weighted by molar-refractivity contribution is 0.340. The molecule has 0 saturated carbocycles. The Morgan fingerprint density at radius 2 is 1.75 bits per heavy atom. The molecule has 0 aliphatic rings. The quantitative estimate of drug-likeness (QED) is 0.714. The third-order valence-electron chi connectivity index (χ3n) is 2.95. The first-order chi connectivity index (χ1) is 9.60. The number of hydrogen-bond acceptors (Lipinski definition) is 1. The first-order valence-electron chi connectivity index (χ1n) is 6.41. The summed E-state index contributed by atoms with van der Waals surface area (Å²) in [5.41, 5.74) is 1.58. The van der Waals surface area contributed by atoms with Crippen LogP contribution in [-0.4, -0.2) is 6.61 Å². The van der Waals surface area contributed by atoms with Gasteiger partial charge in [0.1, 0.15) is 5.75 Å². The van der Waals surface area contributed by atoms with Crippen LogP contribution in [0.2, 0.25) is 0 Å². The number of halogens is 3. The lowest BCUT2D eigenvalue weighted by atomic mass is 10.0. The van der Waals surface area contributed by atoms with Crippen LogP contribution in [0.15, 0.2) is 42.5 Å². The molecule has 0 aromatic heterocycles. The molecule has 0 radical (unpaired) electrons. The first kappa shape index (κ1) is 14.8. The van der Waals surface area contributed by atoms with E-state index in [9.17, 15) is 8.78 Å². The number of ether oxygens (including phenoxy) is 1. The maximum atomic E-state index is 13.1. The van der Waals surface area contributed by atoms with E-state index in [-0.39, 0.29) is 5.38 Å².